The van der Waals surface area contributed by atoms with Crippen molar-refractivity contribution in [1.29, 1.82) is 10.5 Å². The minimum atomic E-state index is -0.0669. The van der Waals surface area contributed by atoms with E-state index in [9.17, 15) is 10.5 Å². The van der Waals surface area contributed by atoms with Gasteiger partial charge in [0.05, 0.1) is 21.8 Å². The molecule has 0 spiro atoms. The number of nitriles is 2. The molecule has 2 N–H and O–H groups in total. The van der Waals surface area contributed by atoms with Crippen molar-refractivity contribution in [2.75, 3.05) is 5.73 Å². The molecule has 6 nitrogen and oxygen atoms in total. The summed E-state index contributed by atoms with van der Waals surface area (Å²) in [5, 5.41) is 24.0. The maximum atomic E-state index is 9.86. The SMILES string of the molecule is CC(C)Oc1c(Br)cc(Br)cc1C=C(C#N)c1nn(-c2ccccc2)c(N)c1C#N. The van der Waals surface area contributed by atoms with E-state index >= 15 is 0 Å². The van der Waals surface area contributed by atoms with Crippen LogP contribution in [0.25, 0.3) is 17.3 Å². The van der Waals surface area contributed by atoms with Crippen LogP contribution in [0.15, 0.2) is 51.4 Å². The second-order valence-electron chi connectivity index (χ2n) is 6.61. The first-order valence-corrected chi connectivity index (χ1v) is 10.6. The van der Waals surface area contributed by atoms with Gasteiger partial charge in [-0.05, 0) is 60.1 Å². The zero-order valence-corrected chi connectivity index (χ0v) is 19.4. The molecule has 1 heterocycles. The highest BCUT2D eigenvalue weighted by atomic mass is 79.9. The summed E-state index contributed by atoms with van der Waals surface area (Å²) in [6.07, 6.45) is 1.58. The highest BCUT2D eigenvalue weighted by Crippen LogP contribution is 2.36. The lowest BCUT2D eigenvalue weighted by molar-refractivity contribution is 0.240. The smallest absolute Gasteiger partial charge is 0.145 e. The van der Waals surface area contributed by atoms with E-state index in [4.69, 9.17) is 10.5 Å². The molecule has 0 bridgehead atoms. The molecule has 0 aliphatic carbocycles. The lowest BCUT2D eigenvalue weighted by Gasteiger charge is -2.15. The molecule has 0 unspecified atom stereocenters. The quantitative estimate of drug-likeness (QED) is 0.429. The van der Waals surface area contributed by atoms with E-state index in [0.717, 1.165) is 8.95 Å². The molecular formula is C22H17Br2N5O. The Balaban J connectivity index is 2.20. The van der Waals surface area contributed by atoms with Gasteiger partial charge in [-0.2, -0.15) is 15.6 Å². The molecule has 30 heavy (non-hydrogen) atoms. The number of benzene rings is 2. The summed E-state index contributed by atoms with van der Waals surface area (Å²) < 4.78 is 8.94. The number of aromatic nitrogens is 2. The molecule has 0 amide bonds. The van der Waals surface area contributed by atoms with E-state index < -0.39 is 0 Å². The summed E-state index contributed by atoms with van der Waals surface area (Å²) in [7, 11) is 0. The molecule has 1 aromatic heterocycles. The second kappa shape index (κ2) is 9.17. The Bertz CT molecular complexity index is 1200. The molecule has 0 radical (unpaired) electrons. The third kappa shape index (κ3) is 4.40. The summed E-state index contributed by atoms with van der Waals surface area (Å²) in [4.78, 5) is 0. The minimum Gasteiger partial charge on any atom is -0.489 e. The average Bonchev–Trinajstić information content (AvgIpc) is 3.05. The average molecular weight is 527 g/mol. The van der Waals surface area contributed by atoms with E-state index in [2.05, 4.69) is 49.1 Å². The number of para-hydroxylation sites is 1. The highest BCUT2D eigenvalue weighted by molar-refractivity contribution is 9.11. The predicted octanol–water partition coefficient (Wildman–Crippen LogP) is 5.70. The Hall–Kier alpha value is -3.07. The number of allylic oxidation sites excluding steroid dienone is 1. The lowest BCUT2D eigenvalue weighted by atomic mass is 10.1. The number of nitrogens with zero attached hydrogens (tertiary/aromatic N) is 4. The normalized spacial score (nSPS) is 11.2. The molecule has 150 valence electrons. The number of halogens is 2. The summed E-state index contributed by atoms with van der Waals surface area (Å²) in [5.41, 5.74) is 8.10. The van der Waals surface area contributed by atoms with E-state index in [1.165, 1.54) is 4.68 Å². The Morgan fingerprint density at radius 3 is 2.50 bits per heavy atom. The molecule has 0 aliphatic rings. The van der Waals surface area contributed by atoms with E-state index in [-0.39, 0.29) is 28.8 Å². The predicted molar refractivity (Wildman–Crippen MR) is 124 cm³/mol. The van der Waals surface area contributed by atoms with Crippen LogP contribution >= 0.6 is 31.9 Å². The highest BCUT2D eigenvalue weighted by Gasteiger charge is 2.21. The first-order valence-electron chi connectivity index (χ1n) is 8.97. The van der Waals surface area contributed by atoms with Crippen LogP contribution in [-0.4, -0.2) is 15.9 Å². The first-order chi connectivity index (χ1) is 14.3. The Morgan fingerprint density at radius 2 is 1.90 bits per heavy atom. The van der Waals surface area contributed by atoms with Crippen LogP contribution in [0.2, 0.25) is 0 Å². The zero-order valence-electron chi connectivity index (χ0n) is 16.2. The number of anilines is 1. The monoisotopic (exact) mass is 525 g/mol. The van der Waals surface area contributed by atoms with Crippen molar-refractivity contribution in [2.24, 2.45) is 0 Å². The van der Waals surface area contributed by atoms with Crippen LogP contribution in [0.5, 0.6) is 5.75 Å². The number of nitrogens with two attached hydrogens (primary N) is 1. The van der Waals surface area contributed by atoms with Crippen LogP contribution in [0.3, 0.4) is 0 Å². The molecule has 0 saturated carbocycles. The van der Waals surface area contributed by atoms with Gasteiger partial charge in [0.2, 0.25) is 0 Å². The van der Waals surface area contributed by atoms with Gasteiger partial charge in [0, 0.05) is 10.0 Å². The van der Waals surface area contributed by atoms with Crippen LogP contribution in [0.1, 0.15) is 30.7 Å². The van der Waals surface area contributed by atoms with Crippen molar-refractivity contribution in [1.82, 2.24) is 9.78 Å². The fraction of sp³-hybridized carbons (Fsp3) is 0.136. The molecule has 0 fully saturated rings. The van der Waals surface area contributed by atoms with Crippen molar-refractivity contribution in [3.8, 4) is 23.6 Å². The van der Waals surface area contributed by atoms with Gasteiger partial charge in [-0.1, -0.05) is 34.1 Å². The van der Waals surface area contributed by atoms with Crippen LogP contribution in [0.4, 0.5) is 5.82 Å². The molecule has 3 rings (SSSR count). The standard InChI is InChI=1S/C22H17Br2N5O/c1-13(2)30-21-14(9-16(23)10-19(21)24)8-15(11-25)20-18(12-26)22(27)29(28-20)17-6-4-3-5-7-17/h3-10,13H,27H2,1-2H3. The fourth-order valence-corrected chi connectivity index (χ4v) is 4.20. The van der Waals surface area contributed by atoms with Gasteiger partial charge in [0.1, 0.15) is 35.0 Å². The molecule has 0 aliphatic heterocycles. The first kappa shape index (κ1) is 21.6. The van der Waals surface area contributed by atoms with Crippen LogP contribution in [-0.2, 0) is 0 Å². The zero-order chi connectivity index (χ0) is 21.8. The Morgan fingerprint density at radius 1 is 1.20 bits per heavy atom. The molecule has 8 heteroatoms. The topological polar surface area (TPSA) is 101 Å². The minimum absolute atomic E-state index is 0.0669. The number of hydrogen-bond acceptors (Lipinski definition) is 5. The number of hydrogen-bond donors (Lipinski definition) is 1. The lowest BCUT2D eigenvalue weighted by Crippen LogP contribution is -2.07. The molecule has 0 saturated heterocycles. The van der Waals surface area contributed by atoms with Crippen molar-refractivity contribution in [2.45, 2.75) is 20.0 Å². The van der Waals surface area contributed by atoms with E-state index in [1.807, 2.05) is 56.3 Å². The Labute approximate surface area is 191 Å². The fourth-order valence-electron chi connectivity index (χ4n) is 2.85. The van der Waals surface area contributed by atoms with Crippen molar-refractivity contribution < 1.29 is 4.74 Å². The maximum absolute atomic E-state index is 9.86. The summed E-state index contributed by atoms with van der Waals surface area (Å²) in [5.74, 6) is 0.767. The Kier molecular flexibility index (Phi) is 6.61. The third-order valence-electron chi connectivity index (χ3n) is 4.10. The van der Waals surface area contributed by atoms with Crippen molar-refractivity contribution >= 4 is 49.3 Å². The maximum Gasteiger partial charge on any atom is 0.145 e. The van der Waals surface area contributed by atoms with Crippen molar-refractivity contribution in [3.63, 3.8) is 0 Å². The van der Waals surface area contributed by atoms with Gasteiger partial charge >= 0.3 is 0 Å². The van der Waals surface area contributed by atoms with Crippen LogP contribution < -0.4 is 10.5 Å². The number of nitrogen functional groups attached to an aromatic ring is 1. The molecular weight excluding hydrogens is 510 g/mol. The van der Waals surface area contributed by atoms with Gasteiger partial charge in [0.25, 0.3) is 0 Å². The molecule has 3 aromatic rings. The van der Waals surface area contributed by atoms with Crippen LogP contribution in [0, 0.1) is 22.7 Å². The van der Waals surface area contributed by atoms with Gasteiger partial charge in [-0.25, -0.2) is 4.68 Å². The van der Waals surface area contributed by atoms with Gasteiger partial charge < -0.3 is 10.5 Å². The van der Waals surface area contributed by atoms with E-state index in [1.54, 1.807) is 6.08 Å². The molecule has 2 aromatic carbocycles. The van der Waals surface area contributed by atoms with E-state index in [0.29, 0.717) is 17.0 Å². The van der Waals surface area contributed by atoms with Crippen molar-refractivity contribution in [3.05, 3.63) is 68.2 Å². The third-order valence-corrected chi connectivity index (χ3v) is 5.15. The van der Waals surface area contributed by atoms with Gasteiger partial charge in [-0.3, -0.25) is 0 Å². The second-order valence-corrected chi connectivity index (χ2v) is 8.38. The summed E-state index contributed by atoms with van der Waals surface area (Å²) in [6, 6.07) is 17.1. The summed E-state index contributed by atoms with van der Waals surface area (Å²) in [6.45, 7) is 3.84. The largest absolute Gasteiger partial charge is 0.489 e. The van der Waals surface area contributed by atoms with Gasteiger partial charge in [0.15, 0.2) is 0 Å². The van der Waals surface area contributed by atoms with Gasteiger partial charge in [-0.15, -0.1) is 0 Å². The number of ether oxygens (including phenoxy) is 1. The number of rotatable bonds is 5. The summed E-state index contributed by atoms with van der Waals surface area (Å²) >= 11 is 6.98. The molecule has 0 atom stereocenters.